The quantitative estimate of drug-likeness (QED) is 0.823. The summed E-state index contributed by atoms with van der Waals surface area (Å²) < 4.78 is 0. The fraction of sp³-hybridized carbons (Fsp3) is 0.667. The van der Waals surface area contributed by atoms with Crippen molar-refractivity contribution < 1.29 is 0 Å². The van der Waals surface area contributed by atoms with Crippen LogP contribution in [0.4, 0.5) is 5.82 Å². The van der Waals surface area contributed by atoms with Crippen LogP contribution in [-0.2, 0) is 12.8 Å². The summed E-state index contributed by atoms with van der Waals surface area (Å²) in [6.07, 6.45) is 3.48. The summed E-state index contributed by atoms with van der Waals surface area (Å²) in [4.78, 5) is 8.98. The SMILES string of the molecule is Cc1nc2c(c(NCC(C)C)n1)CCC2. The lowest BCUT2D eigenvalue weighted by Gasteiger charge is -2.12. The molecule has 0 radical (unpaired) electrons. The molecule has 0 fully saturated rings. The Labute approximate surface area is 91.3 Å². The van der Waals surface area contributed by atoms with Gasteiger partial charge in [-0.2, -0.15) is 0 Å². The number of nitrogens with zero attached hydrogens (tertiary/aromatic N) is 2. The lowest BCUT2D eigenvalue weighted by Crippen LogP contribution is -2.12. The summed E-state index contributed by atoms with van der Waals surface area (Å²) in [7, 11) is 0. The normalized spacial score (nSPS) is 14.4. The summed E-state index contributed by atoms with van der Waals surface area (Å²) in [6.45, 7) is 7.38. The van der Waals surface area contributed by atoms with E-state index in [9.17, 15) is 0 Å². The molecule has 1 aromatic heterocycles. The Hall–Kier alpha value is -1.12. The summed E-state index contributed by atoms with van der Waals surface area (Å²) in [6, 6.07) is 0. The van der Waals surface area contributed by atoms with Gasteiger partial charge in [-0.1, -0.05) is 13.8 Å². The molecule has 15 heavy (non-hydrogen) atoms. The van der Waals surface area contributed by atoms with Gasteiger partial charge in [-0.25, -0.2) is 9.97 Å². The number of aryl methyl sites for hydroxylation is 2. The van der Waals surface area contributed by atoms with Crippen molar-refractivity contribution in [1.82, 2.24) is 9.97 Å². The predicted molar refractivity (Wildman–Crippen MR) is 62.1 cm³/mol. The first kappa shape index (κ1) is 10.4. The van der Waals surface area contributed by atoms with E-state index in [0.29, 0.717) is 5.92 Å². The molecule has 0 aliphatic heterocycles. The van der Waals surface area contributed by atoms with Crippen LogP contribution in [-0.4, -0.2) is 16.5 Å². The van der Waals surface area contributed by atoms with Crippen molar-refractivity contribution in [3.8, 4) is 0 Å². The minimum Gasteiger partial charge on any atom is -0.369 e. The molecule has 0 unspecified atom stereocenters. The van der Waals surface area contributed by atoms with Gasteiger partial charge in [-0.3, -0.25) is 0 Å². The lowest BCUT2D eigenvalue weighted by molar-refractivity contribution is 0.685. The van der Waals surface area contributed by atoms with Gasteiger partial charge in [0.2, 0.25) is 0 Å². The summed E-state index contributed by atoms with van der Waals surface area (Å²) in [5.74, 6) is 2.61. The minimum absolute atomic E-state index is 0.650. The van der Waals surface area contributed by atoms with Gasteiger partial charge in [-0.05, 0) is 32.1 Å². The smallest absolute Gasteiger partial charge is 0.133 e. The molecule has 0 atom stereocenters. The molecule has 0 aromatic carbocycles. The molecule has 3 heteroatoms. The Kier molecular flexibility index (Phi) is 2.89. The highest BCUT2D eigenvalue weighted by Crippen LogP contribution is 2.26. The third-order valence-corrected chi connectivity index (χ3v) is 2.72. The summed E-state index contributed by atoms with van der Waals surface area (Å²) >= 11 is 0. The molecule has 1 aromatic rings. The minimum atomic E-state index is 0.650. The molecule has 0 saturated heterocycles. The van der Waals surface area contributed by atoms with E-state index in [1.54, 1.807) is 0 Å². The Morgan fingerprint density at radius 3 is 2.80 bits per heavy atom. The molecule has 0 spiro atoms. The third kappa shape index (κ3) is 2.28. The second-order valence-electron chi connectivity index (χ2n) is 4.67. The van der Waals surface area contributed by atoms with Crippen LogP contribution in [0.15, 0.2) is 0 Å². The van der Waals surface area contributed by atoms with Crippen LogP contribution in [0.1, 0.15) is 37.4 Å². The summed E-state index contributed by atoms with van der Waals surface area (Å²) in [5, 5.41) is 3.43. The number of anilines is 1. The Bertz CT molecular complexity index is 358. The van der Waals surface area contributed by atoms with Crippen LogP contribution in [0.3, 0.4) is 0 Å². The standard InChI is InChI=1S/C12H19N3/c1-8(2)7-13-12-10-5-4-6-11(10)14-9(3)15-12/h8H,4-7H2,1-3H3,(H,13,14,15). The average Bonchev–Trinajstić information content (AvgIpc) is 2.61. The highest BCUT2D eigenvalue weighted by atomic mass is 15.0. The first-order valence-corrected chi connectivity index (χ1v) is 5.77. The molecule has 0 amide bonds. The van der Waals surface area contributed by atoms with Crippen LogP contribution in [0.5, 0.6) is 0 Å². The molecular weight excluding hydrogens is 186 g/mol. The first-order valence-electron chi connectivity index (χ1n) is 5.77. The number of hydrogen-bond donors (Lipinski definition) is 1. The topological polar surface area (TPSA) is 37.8 Å². The van der Waals surface area contributed by atoms with Gasteiger partial charge >= 0.3 is 0 Å². The zero-order valence-electron chi connectivity index (χ0n) is 9.80. The second kappa shape index (κ2) is 4.17. The van der Waals surface area contributed by atoms with E-state index in [1.807, 2.05) is 6.92 Å². The molecule has 0 bridgehead atoms. The zero-order valence-corrected chi connectivity index (χ0v) is 9.80. The number of rotatable bonds is 3. The van der Waals surface area contributed by atoms with Crippen molar-refractivity contribution in [2.75, 3.05) is 11.9 Å². The molecule has 1 N–H and O–H groups in total. The van der Waals surface area contributed by atoms with Gasteiger partial charge in [0.25, 0.3) is 0 Å². The average molecular weight is 205 g/mol. The van der Waals surface area contributed by atoms with Crippen molar-refractivity contribution >= 4 is 5.82 Å². The maximum absolute atomic E-state index is 4.49. The van der Waals surface area contributed by atoms with E-state index < -0.39 is 0 Å². The summed E-state index contributed by atoms with van der Waals surface area (Å²) in [5.41, 5.74) is 2.61. The highest BCUT2D eigenvalue weighted by Gasteiger charge is 2.17. The monoisotopic (exact) mass is 205 g/mol. The molecular formula is C12H19N3. The van der Waals surface area contributed by atoms with Gasteiger partial charge in [0, 0.05) is 17.8 Å². The molecule has 82 valence electrons. The fourth-order valence-electron chi connectivity index (χ4n) is 2.00. The van der Waals surface area contributed by atoms with Crippen LogP contribution in [0, 0.1) is 12.8 Å². The predicted octanol–water partition coefficient (Wildman–Crippen LogP) is 2.34. The van der Waals surface area contributed by atoms with Crippen molar-refractivity contribution in [2.45, 2.75) is 40.0 Å². The van der Waals surface area contributed by atoms with E-state index in [4.69, 9.17) is 0 Å². The second-order valence-corrected chi connectivity index (χ2v) is 4.67. The third-order valence-electron chi connectivity index (χ3n) is 2.72. The Morgan fingerprint density at radius 2 is 2.07 bits per heavy atom. The molecule has 0 saturated carbocycles. The molecule has 1 aliphatic carbocycles. The van der Waals surface area contributed by atoms with Crippen molar-refractivity contribution in [3.05, 3.63) is 17.1 Å². The van der Waals surface area contributed by atoms with Crippen LogP contribution < -0.4 is 5.32 Å². The highest BCUT2D eigenvalue weighted by molar-refractivity contribution is 5.48. The van der Waals surface area contributed by atoms with Gasteiger partial charge in [0.1, 0.15) is 11.6 Å². The van der Waals surface area contributed by atoms with E-state index in [2.05, 4.69) is 29.1 Å². The number of aromatic nitrogens is 2. The van der Waals surface area contributed by atoms with Crippen molar-refractivity contribution in [1.29, 1.82) is 0 Å². The molecule has 3 nitrogen and oxygen atoms in total. The largest absolute Gasteiger partial charge is 0.369 e. The van der Waals surface area contributed by atoms with Gasteiger partial charge in [0.05, 0.1) is 0 Å². The molecule has 2 rings (SSSR count). The number of hydrogen-bond acceptors (Lipinski definition) is 3. The van der Waals surface area contributed by atoms with Gasteiger partial charge in [0.15, 0.2) is 0 Å². The van der Waals surface area contributed by atoms with E-state index in [-0.39, 0.29) is 0 Å². The Balaban J connectivity index is 2.22. The molecule has 1 heterocycles. The maximum atomic E-state index is 4.49. The van der Waals surface area contributed by atoms with Crippen LogP contribution in [0.2, 0.25) is 0 Å². The number of nitrogens with one attached hydrogen (secondary N) is 1. The number of fused-ring (bicyclic) bond motifs is 1. The van der Waals surface area contributed by atoms with Gasteiger partial charge < -0.3 is 5.32 Å². The van der Waals surface area contributed by atoms with Crippen molar-refractivity contribution in [3.63, 3.8) is 0 Å². The Morgan fingerprint density at radius 1 is 1.27 bits per heavy atom. The van der Waals surface area contributed by atoms with E-state index in [1.165, 1.54) is 17.7 Å². The maximum Gasteiger partial charge on any atom is 0.133 e. The fourth-order valence-corrected chi connectivity index (χ4v) is 2.00. The van der Waals surface area contributed by atoms with Crippen molar-refractivity contribution in [2.24, 2.45) is 5.92 Å². The van der Waals surface area contributed by atoms with Crippen LogP contribution in [0.25, 0.3) is 0 Å². The van der Waals surface area contributed by atoms with E-state index in [0.717, 1.165) is 31.0 Å². The lowest BCUT2D eigenvalue weighted by atomic mass is 10.2. The molecule has 1 aliphatic rings. The van der Waals surface area contributed by atoms with Crippen LogP contribution >= 0.6 is 0 Å². The zero-order chi connectivity index (χ0) is 10.8. The first-order chi connectivity index (χ1) is 7.16. The van der Waals surface area contributed by atoms with E-state index >= 15 is 0 Å². The van der Waals surface area contributed by atoms with Gasteiger partial charge in [-0.15, -0.1) is 0 Å².